The maximum absolute atomic E-state index is 5.37. The molecule has 74 valence electrons. The summed E-state index contributed by atoms with van der Waals surface area (Å²) in [6.07, 6.45) is 3.84. The zero-order valence-corrected chi connectivity index (χ0v) is 8.21. The quantitative estimate of drug-likeness (QED) is 0.689. The van der Waals surface area contributed by atoms with E-state index in [2.05, 4.69) is 22.2 Å². The number of hydrogen-bond acceptors (Lipinski definition) is 3. The third-order valence-electron chi connectivity index (χ3n) is 1.73. The van der Waals surface area contributed by atoms with Crippen LogP contribution in [0.15, 0.2) is 12.4 Å². The molecule has 1 rings (SSSR count). The van der Waals surface area contributed by atoms with Crippen LogP contribution < -0.4 is 5.32 Å². The minimum absolute atomic E-state index is 0.264. The van der Waals surface area contributed by atoms with Gasteiger partial charge < -0.3 is 15.0 Å². The summed E-state index contributed by atoms with van der Waals surface area (Å²) in [6.45, 7) is 6.45. The first-order valence-electron chi connectivity index (χ1n) is 4.63. The van der Waals surface area contributed by atoms with Gasteiger partial charge in [0.25, 0.3) is 0 Å². The molecule has 4 heteroatoms. The molecule has 1 aromatic rings. The highest BCUT2D eigenvalue weighted by Gasteiger charge is 2.00. The number of ether oxygens (including phenoxy) is 1. The van der Waals surface area contributed by atoms with Gasteiger partial charge >= 0.3 is 0 Å². The Morgan fingerprint density at radius 3 is 3.15 bits per heavy atom. The number of nitrogens with one attached hydrogen (secondary N) is 2. The molecule has 1 atom stereocenters. The van der Waals surface area contributed by atoms with E-state index < -0.39 is 0 Å². The summed E-state index contributed by atoms with van der Waals surface area (Å²) in [7, 11) is 0. The summed E-state index contributed by atoms with van der Waals surface area (Å²) >= 11 is 0. The first-order chi connectivity index (χ1) is 6.33. The Kier molecular flexibility index (Phi) is 4.49. The lowest BCUT2D eigenvalue weighted by atomic mass is 10.4. The van der Waals surface area contributed by atoms with Gasteiger partial charge in [0.15, 0.2) is 0 Å². The van der Waals surface area contributed by atoms with Crippen LogP contribution in [0.1, 0.15) is 19.7 Å². The third kappa shape index (κ3) is 4.05. The van der Waals surface area contributed by atoms with Gasteiger partial charge in [-0.3, -0.25) is 0 Å². The van der Waals surface area contributed by atoms with Crippen molar-refractivity contribution in [3.8, 4) is 0 Å². The largest absolute Gasteiger partial charge is 0.377 e. The van der Waals surface area contributed by atoms with Gasteiger partial charge in [0.05, 0.1) is 12.6 Å². The van der Waals surface area contributed by atoms with Gasteiger partial charge in [0.2, 0.25) is 0 Å². The van der Waals surface area contributed by atoms with E-state index in [-0.39, 0.29) is 6.10 Å². The Hall–Kier alpha value is -0.870. The average molecular weight is 183 g/mol. The van der Waals surface area contributed by atoms with E-state index in [0.29, 0.717) is 0 Å². The Bertz CT molecular complexity index is 211. The fourth-order valence-electron chi connectivity index (χ4n) is 1.13. The lowest BCUT2D eigenvalue weighted by molar-refractivity contribution is 0.0758. The predicted octanol–water partition coefficient (Wildman–Crippen LogP) is 0.924. The van der Waals surface area contributed by atoms with Gasteiger partial charge in [0.1, 0.15) is 5.82 Å². The molecule has 0 spiro atoms. The van der Waals surface area contributed by atoms with Crippen molar-refractivity contribution in [2.45, 2.75) is 26.5 Å². The molecule has 0 radical (unpaired) electrons. The van der Waals surface area contributed by atoms with Gasteiger partial charge in [-0.2, -0.15) is 0 Å². The highest BCUT2D eigenvalue weighted by Crippen LogP contribution is 1.90. The van der Waals surface area contributed by atoms with Gasteiger partial charge in [0, 0.05) is 25.5 Å². The summed E-state index contributed by atoms with van der Waals surface area (Å²) in [5, 5.41) is 3.25. The standard InChI is InChI=1S/C9H17N3O/c1-3-13-8(2)6-10-7-9-11-4-5-12-9/h4-5,8,10H,3,6-7H2,1-2H3,(H,11,12). The molecule has 13 heavy (non-hydrogen) atoms. The van der Waals surface area contributed by atoms with Crippen LogP contribution in [0.25, 0.3) is 0 Å². The number of imidazole rings is 1. The highest BCUT2D eigenvalue weighted by molar-refractivity contribution is 4.85. The highest BCUT2D eigenvalue weighted by atomic mass is 16.5. The monoisotopic (exact) mass is 183 g/mol. The Balaban J connectivity index is 2.07. The first kappa shape index (κ1) is 10.2. The van der Waals surface area contributed by atoms with Crippen molar-refractivity contribution in [2.24, 2.45) is 0 Å². The third-order valence-corrected chi connectivity index (χ3v) is 1.73. The second kappa shape index (κ2) is 5.72. The fraction of sp³-hybridized carbons (Fsp3) is 0.667. The number of hydrogen-bond donors (Lipinski definition) is 2. The summed E-state index contributed by atoms with van der Waals surface area (Å²) in [6, 6.07) is 0. The predicted molar refractivity (Wildman–Crippen MR) is 51.4 cm³/mol. The van der Waals surface area contributed by atoms with Crippen LogP contribution in [0.2, 0.25) is 0 Å². The van der Waals surface area contributed by atoms with Crippen LogP contribution >= 0.6 is 0 Å². The van der Waals surface area contributed by atoms with E-state index in [1.165, 1.54) is 0 Å². The summed E-state index contributed by atoms with van der Waals surface area (Å²) in [5.41, 5.74) is 0. The van der Waals surface area contributed by atoms with Gasteiger partial charge in [-0.15, -0.1) is 0 Å². The van der Waals surface area contributed by atoms with Crippen LogP contribution in [0.4, 0.5) is 0 Å². The smallest absolute Gasteiger partial charge is 0.120 e. The molecule has 0 aliphatic carbocycles. The van der Waals surface area contributed by atoms with E-state index in [1.807, 2.05) is 13.1 Å². The molecular weight excluding hydrogens is 166 g/mol. The molecule has 0 fully saturated rings. The van der Waals surface area contributed by atoms with Gasteiger partial charge in [-0.25, -0.2) is 4.98 Å². The summed E-state index contributed by atoms with van der Waals surface area (Å²) in [4.78, 5) is 7.13. The van der Waals surface area contributed by atoms with Crippen LogP contribution in [0, 0.1) is 0 Å². The number of H-pyrrole nitrogens is 1. The molecule has 1 aromatic heterocycles. The molecule has 0 aliphatic rings. The Morgan fingerprint density at radius 2 is 2.54 bits per heavy atom. The second-order valence-corrected chi connectivity index (χ2v) is 2.93. The zero-order valence-electron chi connectivity index (χ0n) is 8.21. The van der Waals surface area contributed by atoms with Crippen LogP contribution in [-0.4, -0.2) is 29.2 Å². The summed E-state index contributed by atoms with van der Waals surface area (Å²) < 4.78 is 5.37. The topological polar surface area (TPSA) is 49.9 Å². The van der Waals surface area contributed by atoms with E-state index in [9.17, 15) is 0 Å². The SMILES string of the molecule is CCOC(C)CNCc1ncc[nH]1. The molecule has 4 nitrogen and oxygen atoms in total. The van der Waals surface area contributed by atoms with Crippen molar-refractivity contribution in [2.75, 3.05) is 13.2 Å². The van der Waals surface area contributed by atoms with Gasteiger partial charge in [-0.05, 0) is 13.8 Å². The maximum atomic E-state index is 5.37. The van der Waals surface area contributed by atoms with E-state index in [1.54, 1.807) is 6.20 Å². The Labute approximate surface area is 78.7 Å². The number of nitrogens with zero attached hydrogens (tertiary/aromatic N) is 1. The molecule has 0 amide bonds. The first-order valence-corrected chi connectivity index (χ1v) is 4.63. The lowest BCUT2D eigenvalue weighted by Gasteiger charge is -2.11. The van der Waals surface area contributed by atoms with Crippen molar-refractivity contribution in [1.29, 1.82) is 0 Å². The molecule has 0 aliphatic heterocycles. The molecule has 1 unspecified atom stereocenters. The van der Waals surface area contributed by atoms with E-state index >= 15 is 0 Å². The maximum Gasteiger partial charge on any atom is 0.120 e. The summed E-state index contributed by atoms with van der Waals surface area (Å²) in [5.74, 6) is 0.962. The zero-order chi connectivity index (χ0) is 9.52. The number of aromatic nitrogens is 2. The van der Waals surface area contributed by atoms with Crippen molar-refractivity contribution < 1.29 is 4.74 Å². The van der Waals surface area contributed by atoms with Crippen molar-refractivity contribution in [1.82, 2.24) is 15.3 Å². The van der Waals surface area contributed by atoms with Gasteiger partial charge in [-0.1, -0.05) is 0 Å². The van der Waals surface area contributed by atoms with Crippen LogP contribution in [0.5, 0.6) is 0 Å². The van der Waals surface area contributed by atoms with E-state index in [4.69, 9.17) is 4.74 Å². The molecule has 0 bridgehead atoms. The Morgan fingerprint density at radius 1 is 1.69 bits per heavy atom. The molecule has 0 saturated heterocycles. The lowest BCUT2D eigenvalue weighted by Crippen LogP contribution is -2.26. The molecule has 0 saturated carbocycles. The van der Waals surface area contributed by atoms with Crippen LogP contribution in [-0.2, 0) is 11.3 Å². The second-order valence-electron chi connectivity index (χ2n) is 2.93. The molecular formula is C9H17N3O. The fourth-order valence-corrected chi connectivity index (χ4v) is 1.13. The normalized spacial score (nSPS) is 13.1. The van der Waals surface area contributed by atoms with Crippen molar-refractivity contribution in [3.05, 3.63) is 18.2 Å². The minimum Gasteiger partial charge on any atom is -0.377 e. The van der Waals surface area contributed by atoms with Crippen LogP contribution in [0.3, 0.4) is 0 Å². The van der Waals surface area contributed by atoms with E-state index in [0.717, 1.165) is 25.5 Å². The molecule has 2 N–H and O–H groups in total. The van der Waals surface area contributed by atoms with Crippen molar-refractivity contribution >= 4 is 0 Å². The molecule has 1 heterocycles. The van der Waals surface area contributed by atoms with Crippen molar-refractivity contribution in [3.63, 3.8) is 0 Å². The average Bonchev–Trinajstić information content (AvgIpc) is 2.57. The molecule has 0 aromatic carbocycles. The minimum atomic E-state index is 0.264. The number of aromatic amines is 1. The number of rotatable bonds is 6.